The van der Waals surface area contributed by atoms with E-state index in [9.17, 15) is 4.79 Å². The van der Waals surface area contributed by atoms with Gasteiger partial charge in [-0.3, -0.25) is 4.79 Å². The summed E-state index contributed by atoms with van der Waals surface area (Å²) in [5, 5.41) is 3.61. The molecule has 1 aliphatic rings. The Bertz CT molecular complexity index is 646. The molecule has 0 bridgehead atoms. The van der Waals surface area contributed by atoms with E-state index in [1.54, 1.807) is 0 Å². The maximum Gasteiger partial charge on any atom is 0.251 e. The summed E-state index contributed by atoms with van der Waals surface area (Å²) in [5.74, 6) is 0.00116. The monoisotopic (exact) mass is 289 g/mol. The maximum atomic E-state index is 12.2. The van der Waals surface area contributed by atoms with Gasteiger partial charge in [0.05, 0.1) is 10.2 Å². The number of nitrogen functional groups attached to an aromatic ring is 1. The second-order valence-corrected chi connectivity index (χ2v) is 6.73. The average Bonchev–Trinajstić information content (AvgIpc) is 3.08. The van der Waals surface area contributed by atoms with Crippen LogP contribution in [0.4, 0.5) is 5.13 Å². The molecule has 1 heterocycles. The number of amides is 1. The molecule has 0 unspecified atom stereocenters. The highest BCUT2D eigenvalue weighted by atomic mass is 32.1. The van der Waals surface area contributed by atoms with Gasteiger partial charge in [-0.1, -0.05) is 24.7 Å². The summed E-state index contributed by atoms with van der Waals surface area (Å²) in [6.45, 7) is 2.99. The second-order valence-electron chi connectivity index (χ2n) is 5.67. The number of carbonyl (C=O) groups is 1. The Morgan fingerprint density at radius 1 is 1.50 bits per heavy atom. The molecule has 0 spiro atoms. The lowest BCUT2D eigenvalue weighted by Gasteiger charge is -2.14. The van der Waals surface area contributed by atoms with Gasteiger partial charge in [0.1, 0.15) is 0 Å². The first kappa shape index (κ1) is 13.4. The van der Waals surface area contributed by atoms with E-state index in [2.05, 4.69) is 17.2 Å². The fourth-order valence-corrected chi connectivity index (χ4v) is 3.45. The van der Waals surface area contributed by atoms with Crippen LogP contribution in [0.5, 0.6) is 0 Å². The molecular formula is C15H19N3OS. The van der Waals surface area contributed by atoms with Gasteiger partial charge in [-0.2, -0.15) is 0 Å². The third-order valence-electron chi connectivity index (χ3n) is 4.03. The average molecular weight is 289 g/mol. The van der Waals surface area contributed by atoms with Gasteiger partial charge < -0.3 is 11.1 Å². The van der Waals surface area contributed by atoms with Crippen LogP contribution < -0.4 is 11.1 Å². The van der Waals surface area contributed by atoms with E-state index in [0.29, 0.717) is 16.1 Å². The molecule has 1 amide bonds. The molecule has 106 valence electrons. The zero-order valence-corrected chi connectivity index (χ0v) is 12.4. The highest BCUT2D eigenvalue weighted by Crippen LogP contribution is 2.48. The standard InChI is InChI=1S/C15H19N3OS/c1-2-5-15(6-7-15)9-17-13(19)10-3-4-11-12(8-10)20-14(16)18-11/h3-4,8H,2,5-7,9H2,1H3,(H2,16,18)(H,17,19). The molecular weight excluding hydrogens is 270 g/mol. The van der Waals surface area contributed by atoms with Crippen LogP contribution in [-0.4, -0.2) is 17.4 Å². The molecule has 0 saturated heterocycles. The van der Waals surface area contributed by atoms with Crippen molar-refractivity contribution in [3.05, 3.63) is 23.8 Å². The van der Waals surface area contributed by atoms with Gasteiger partial charge in [0.2, 0.25) is 0 Å². The van der Waals surface area contributed by atoms with Crippen LogP contribution in [0.25, 0.3) is 10.2 Å². The Balaban J connectivity index is 1.69. The number of nitrogens with two attached hydrogens (primary N) is 1. The summed E-state index contributed by atoms with van der Waals surface area (Å²) in [4.78, 5) is 16.4. The van der Waals surface area contributed by atoms with E-state index in [-0.39, 0.29) is 5.91 Å². The van der Waals surface area contributed by atoms with E-state index in [4.69, 9.17) is 5.73 Å². The van der Waals surface area contributed by atoms with Crippen molar-refractivity contribution in [1.82, 2.24) is 10.3 Å². The Kier molecular flexibility index (Phi) is 3.38. The minimum Gasteiger partial charge on any atom is -0.375 e. The Morgan fingerprint density at radius 2 is 2.30 bits per heavy atom. The summed E-state index contributed by atoms with van der Waals surface area (Å²) >= 11 is 1.41. The molecule has 1 aromatic heterocycles. The molecule has 3 N–H and O–H groups in total. The lowest BCUT2D eigenvalue weighted by atomic mass is 10.0. The minimum absolute atomic E-state index is 0.00116. The van der Waals surface area contributed by atoms with Crippen LogP contribution in [-0.2, 0) is 0 Å². The first-order valence-corrected chi connectivity index (χ1v) is 7.88. The van der Waals surface area contributed by atoms with E-state index in [1.807, 2.05) is 18.2 Å². The molecule has 5 heteroatoms. The highest BCUT2D eigenvalue weighted by Gasteiger charge is 2.41. The van der Waals surface area contributed by atoms with Crippen molar-refractivity contribution >= 4 is 32.6 Å². The number of fused-ring (bicyclic) bond motifs is 1. The number of nitrogens with one attached hydrogen (secondary N) is 1. The van der Waals surface area contributed by atoms with Crippen molar-refractivity contribution in [3.8, 4) is 0 Å². The number of hydrogen-bond acceptors (Lipinski definition) is 4. The Morgan fingerprint density at radius 3 is 3.00 bits per heavy atom. The fraction of sp³-hybridized carbons (Fsp3) is 0.467. The van der Waals surface area contributed by atoms with Gasteiger partial charge in [0.25, 0.3) is 5.91 Å². The van der Waals surface area contributed by atoms with Gasteiger partial charge in [-0.15, -0.1) is 0 Å². The molecule has 1 aliphatic carbocycles. The van der Waals surface area contributed by atoms with E-state index in [1.165, 1.54) is 37.0 Å². The fourth-order valence-electron chi connectivity index (χ4n) is 2.68. The van der Waals surface area contributed by atoms with E-state index < -0.39 is 0 Å². The predicted molar refractivity (Wildman–Crippen MR) is 82.9 cm³/mol. The first-order chi connectivity index (χ1) is 9.62. The summed E-state index contributed by atoms with van der Waals surface area (Å²) in [6.07, 6.45) is 4.87. The van der Waals surface area contributed by atoms with Crippen molar-refractivity contribution in [1.29, 1.82) is 0 Å². The van der Waals surface area contributed by atoms with Gasteiger partial charge in [-0.05, 0) is 42.9 Å². The molecule has 1 aromatic carbocycles. The van der Waals surface area contributed by atoms with Gasteiger partial charge >= 0.3 is 0 Å². The third kappa shape index (κ3) is 2.63. The SMILES string of the molecule is CCCC1(CNC(=O)c2ccc3nc(N)sc3c2)CC1. The van der Waals surface area contributed by atoms with Crippen LogP contribution in [0.15, 0.2) is 18.2 Å². The number of thiazole rings is 1. The lowest BCUT2D eigenvalue weighted by molar-refractivity contribution is 0.0944. The Hall–Kier alpha value is -1.62. The lowest BCUT2D eigenvalue weighted by Crippen LogP contribution is -2.30. The second kappa shape index (κ2) is 5.05. The number of nitrogens with zero attached hydrogens (tertiary/aromatic N) is 1. The number of carbonyl (C=O) groups excluding carboxylic acids is 1. The largest absolute Gasteiger partial charge is 0.375 e. The van der Waals surface area contributed by atoms with Crippen LogP contribution in [0, 0.1) is 5.41 Å². The third-order valence-corrected chi connectivity index (χ3v) is 4.88. The van der Waals surface area contributed by atoms with Crippen LogP contribution in [0.1, 0.15) is 43.0 Å². The zero-order chi connectivity index (χ0) is 14.2. The van der Waals surface area contributed by atoms with Gasteiger partial charge in [0, 0.05) is 12.1 Å². The summed E-state index contributed by atoms with van der Waals surface area (Å²) in [5.41, 5.74) is 7.60. The molecule has 20 heavy (non-hydrogen) atoms. The minimum atomic E-state index is 0.00116. The van der Waals surface area contributed by atoms with Crippen LogP contribution in [0.2, 0.25) is 0 Å². The van der Waals surface area contributed by atoms with E-state index in [0.717, 1.165) is 16.8 Å². The maximum absolute atomic E-state index is 12.2. The van der Waals surface area contributed by atoms with Crippen molar-refractivity contribution in [2.75, 3.05) is 12.3 Å². The van der Waals surface area contributed by atoms with Crippen LogP contribution in [0.3, 0.4) is 0 Å². The molecule has 0 atom stereocenters. The zero-order valence-electron chi connectivity index (χ0n) is 11.6. The van der Waals surface area contributed by atoms with Gasteiger partial charge in [0.15, 0.2) is 5.13 Å². The van der Waals surface area contributed by atoms with Crippen LogP contribution >= 0.6 is 11.3 Å². The molecule has 1 saturated carbocycles. The smallest absolute Gasteiger partial charge is 0.251 e. The summed E-state index contributed by atoms with van der Waals surface area (Å²) in [6, 6.07) is 5.55. The first-order valence-electron chi connectivity index (χ1n) is 7.06. The van der Waals surface area contributed by atoms with Gasteiger partial charge in [-0.25, -0.2) is 4.98 Å². The highest BCUT2D eigenvalue weighted by molar-refractivity contribution is 7.22. The molecule has 3 rings (SSSR count). The normalized spacial score (nSPS) is 16.2. The summed E-state index contributed by atoms with van der Waals surface area (Å²) in [7, 11) is 0. The molecule has 1 fully saturated rings. The predicted octanol–water partition coefficient (Wildman–Crippen LogP) is 3.19. The molecule has 2 aromatic rings. The number of anilines is 1. The quantitative estimate of drug-likeness (QED) is 0.888. The number of aromatic nitrogens is 1. The van der Waals surface area contributed by atoms with E-state index >= 15 is 0 Å². The Labute approximate surface area is 122 Å². The topological polar surface area (TPSA) is 68.0 Å². The van der Waals surface area contributed by atoms with Crippen molar-refractivity contribution in [3.63, 3.8) is 0 Å². The number of benzene rings is 1. The molecule has 0 radical (unpaired) electrons. The summed E-state index contributed by atoms with van der Waals surface area (Å²) < 4.78 is 0.963. The van der Waals surface area contributed by atoms with Crippen molar-refractivity contribution < 1.29 is 4.79 Å². The number of hydrogen-bond donors (Lipinski definition) is 2. The van der Waals surface area contributed by atoms with Crippen molar-refractivity contribution in [2.45, 2.75) is 32.6 Å². The molecule has 0 aliphatic heterocycles. The van der Waals surface area contributed by atoms with Crippen molar-refractivity contribution in [2.24, 2.45) is 5.41 Å². The number of rotatable bonds is 5. The molecule has 4 nitrogen and oxygen atoms in total.